The highest BCUT2D eigenvalue weighted by Crippen LogP contribution is 2.25. The molecule has 0 unspecified atom stereocenters. The zero-order valence-corrected chi connectivity index (χ0v) is 20.4. The number of aromatic nitrogens is 6. The summed E-state index contributed by atoms with van der Waals surface area (Å²) in [5.74, 6) is 1.81. The Bertz CT molecular complexity index is 1570. The average molecular weight is 484 g/mol. The molecule has 36 heavy (non-hydrogen) atoms. The third kappa shape index (κ3) is 4.48. The zero-order valence-electron chi connectivity index (χ0n) is 20.4. The second kappa shape index (κ2) is 9.49. The van der Waals surface area contributed by atoms with Gasteiger partial charge in [0.15, 0.2) is 18.1 Å². The number of carbonyl (C=O) groups is 1. The molecule has 3 aromatic heterocycles. The lowest BCUT2D eigenvalue weighted by atomic mass is 10.1. The van der Waals surface area contributed by atoms with Crippen LogP contribution in [0.5, 0.6) is 11.5 Å². The first-order valence-corrected chi connectivity index (χ1v) is 11.3. The van der Waals surface area contributed by atoms with Gasteiger partial charge in [0.1, 0.15) is 23.6 Å². The molecule has 0 aliphatic heterocycles. The van der Waals surface area contributed by atoms with E-state index in [4.69, 9.17) is 9.47 Å². The van der Waals surface area contributed by atoms with Gasteiger partial charge in [0.2, 0.25) is 0 Å². The first-order valence-electron chi connectivity index (χ1n) is 11.3. The minimum absolute atomic E-state index is 0.179. The molecule has 0 spiro atoms. The van der Waals surface area contributed by atoms with Gasteiger partial charge < -0.3 is 14.8 Å². The van der Waals surface area contributed by atoms with E-state index in [2.05, 4.69) is 51.5 Å². The topological polar surface area (TPSA) is 109 Å². The Morgan fingerprint density at radius 2 is 1.81 bits per heavy atom. The molecule has 0 radical (unpaired) electrons. The maximum absolute atomic E-state index is 12.7. The smallest absolute Gasteiger partial charge is 0.263 e. The molecule has 1 amide bonds. The van der Waals surface area contributed by atoms with Crippen molar-refractivity contribution in [3.63, 3.8) is 0 Å². The molecular weight excluding hydrogens is 458 g/mol. The van der Waals surface area contributed by atoms with Crippen LogP contribution < -0.4 is 14.8 Å². The highest BCUT2D eigenvalue weighted by molar-refractivity contribution is 5.92. The second-order valence-electron chi connectivity index (χ2n) is 8.36. The Balaban J connectivity index is 1.42. The monoisotopic (exact) mass is 483 g/mol. The standard InChI is InChI=1S/C26H25N7O3/c1-16-8-9-19(10-17(16)2)32-25-22(13-29-32)26(28-15-27-25)33-23(11-18(3)31-33)30-24(34)14-36-21-7-5-6-20(12-21)35-4/h5-13,15H,14H2,1-4H3,(H,30,34). The number of rotatable bonds is 7. The highest BCUT2D eigenvalue weighted by atomic mass is 16.5. The largest absolute Gasteiger partial charge is 0.497 e. The molecule has 0 atom stereocenters. The molecule has 0 saturated carbocycles. The zero-order chi connectivity index (χ0) is 25.2. The van der Waals surface area contributed by atoms with Crippen LogP contribution >= 0.6 is 0 Å². The third-order valence-electron chi connectivity index (χ3n) is 5.79. The van der Waals surface area contributed by atoms with Gasteiger partial charge in [-0.1, -0.05) is 12.1 Å². The number of fused-ring (bicyclic) bond motifs is 1. The van der Waals surface area contributed by atoms with Crippen LogP contribution in [0.2, 0.25) is 0 Å². The van der Waals surface area contributed by atoms with E-state index in [1.165, 1.54) is 11.9 Å². The molecule has 10 nitrogen and oxygen atoms in total. The maximum Gasteiger partial charge on any atom is 0.263 e. The summed E-state index contributed by atoms with van der Waals surface area (Å²) in [6.45, 7) is 5.79. The third-order valence-corrected chi connectivity index (χ3v) is 5.79. The van der Waals surface area contributed by atoms with Crippen molar-refractivity contribution in [1.29, 1.82) is 0 Å². The highest BCUT2D eigenvalue weighted by Gasteiger charge is 2.18. The van der Waals surface area contributed by atoms with Crippen LogP contribution in [-0.4, -0.2) is 49.2 Å². The first kappa shape index (κ1) is 23.0. The van der Waals surface area contributed by atoms with E-state index in [-0.39, 0.29) is 12.5 Å². The average Bonchev–Trinajstić information content (AvgIpc) is 3.47. The van der Waals surface area contributed by atoms with Crippen LogP contribution in [0.25, 0.3) is 22.5 Å². The van der Waals surface area contributed by atoms with Crippen LogP contribution in [0.1, 0.15) is 16.8 Å². The number of ether oxygens (including phenoxy) is 2. The van der Waals surface area contributed by atoms with Gasteiger partial charge in [0.05, 0.1) is 30.1 Å². The van der Waals surface area contributed by atoms with Crippen molar-refractivity contribution < 1.29 is 14.3 Å². The lowest BCUT2D eigenvalue weighted by Gasteiger charge is -2.10. The van der Waals surface area contributed by atoms with Crippen molar-refractivity contribution >= 4 is 22.8 Å². The predicted molar refractivity (Wildman–Crippen MR) is 135 cm³/mol. The summed E-state index contributed by atoms with van der Waals surface area (Å²) in [5, 5.41) is 12.7. The van der Waals surface area contributed by atoms with Crippen molar-refractivity contribution in [1.82, 2.24) is 29.5 Å². The van der Waals surface area contributed by atoms with E-state index >= 15 is 0 Å². The van der Waals surface area contributed by atoms with Crippen LogP contribution in [0.3, 0.4) is 0 Å². The lowest BCUT2D eigenvalue weighted by Crippen LogP contribution is -2.22. The summed E-state index contributed by atoms with van der Waals surface area (Å²) in [4.78, 5) is 21.6. The van der Waals surface area contributed by atoms with E-state index in [0.717, 1.165) is 11.3 Å². The summed E-state index contributed by atoms with van der Waals surface area (Å²) in [7, 11) is 1.57. The fraction of sp³-hybridized carbons (Fsp3) is 0.192. The minimum Gasteiger partial charge on any atom is -0.497 e. The van der Waals surface area contributed by atoms with Gasteiger partial charge in [-0.25, -0.2) is 14.6 Å². The molecule has 3 heterocycles. The number of aryl methyl sites for hydroxylation is 3. The SMILES string of the molecule is COc1cccc(OCC(=O)Nc2cc(C)nn2-c2ncnc3c2cnn3-c2ccc(C)c(C)c2)c1. The van der Waals surface area contributed by atoms with E-state index < -0.39 is 0 Å². The summed E-state index contributed by atoms with van der Waals surface area (Å²) < 4.78 is 14.2. The molecule has 0 aliphatic rings. The van der Waals surface area contributed by atoms with Gasteiger partial charge >= 0.3 is 0 Å². The van der Waals surface area contributed by atoms with Crippen LogP contribution in [0, 0.1) is 20.8 Å². The Kier molecular flexibility index (Phi) is 6.07. The van der Waals surface area contributed by atoms with Crippen LogP contribution in [0.4, 0.5) is 5.82 Å². The summed E-state index contributed by atoms with van der Waals surface area (Å²) >= 11 is 0. The quantitative estimate of drug-likeness (QED) is 0.373. The van der Waals surface area contributed by atoms with Crippen molar-refractivity contribution in [2.45, 2.75) is 20.8 Å². The predicted octanol–water partition coefficient (Wildman–Crippen LogP) is 3.95. The molecule has 10 heteroatoms. The Labute approximate surface area is 207 Å². The molecule has 5 rings (SSSR count). The molecule has 0 aliphatic carbocycles. The molecule has 5 aromatic rings. The summed E-state index contributed by atoms with van der Waals surface area (Å²) in [6, 6.07) is 15.0. The number of hydrogen-bond donors (Lipinski definition) is 1. The van der Waals surface area contributed by atoms with Crippen LogP contribution in [-0.2, 0) is 4.79 Å². The van der Waals surface area contributed by atoms with E-state index in [9.17, 15) is 4.79 Å². The molecule has 0 bridgehead atoms. The fourth-order valence-corrected chi connectivity index (χ4v) is 3.82. The Morgan fingerprint density at radius 1 is 0.972 bits per heavy atom. The number of hydrogen-bond acceptors (Lipinski definition) is 7. The first-order chi connectivity index (χ1) is 17.4. The van der Waals surface area contributed by atoms with Gasteiger partial charge in [-0.05, 0) is 56.2 Å². The maximum atomic E-state index is 12.7. The van der Waals surface area contributed by atoms with Gasteiger partial charge in [-0.2, -0.15) is 14.9 Å². The van der Waals surface area contributed by atoms with E-state index in [1.807, 2.05) is 13.0 Å². The van der Waals surface area contributed by atoms with Crippen LogP contribution in [0.15, 0.2) is 61.1 Å². The van der Waals surface area contributed by atoms with Gasteiger partial charge in [-0.3, -0.25) is 4.79 Å². The normalized spacial score (nSPS) is 11.0. The lowest BCUT2D eigenvalue weighted by molar-refractivity contribution is -0.118. The molecule has 2 aromatic carbocycles. The van der Waals surface area contributed by atoms with Crippen molar-refractivity contribution in [2.75, 3.05) is 19.0 Å². The van der Waals surface area contributed by atoms with Crippen molar-refractivity contribution in [3.8, 4) is 23.0 Å². The molecule has 0 saturated heterocycles. The summed E-state index contributed by atoms with van der Waals surface area (Å²) in [6.07, 6.45) is 3.17. The minimum atomic E-state index is -0.338. The summed E-state index contributed by atoms with van der Waals surface area (Å²) in [5.41, 5.74) is 4.61. The Morgan fingerprint density at radius 3 is 2.61 bits per heavy atom. The number of carbonyl (C=O) groups excluding carboxylic acids is 1. The Hall–Kier alpha value is -4.73. The fourth-order valence-electron chi connectivity index (χ4n) is 3.82. The number of methoxy groups -OCH3 is 1. The second-order valence-corrected chi connectivity index (χ2v) is 8.36. The van der Waals surface area contributed by atoms with Gasteiger partial charge in [-0.15, -0.1) is 0 Å². The van der Waals surface area contributed by atoms with Gasteiger partial charge in [0.25, 0.3) is 5.91 Å². The molecule has 1 N–H and O–H groups in total. The number of amides is 1. The molecule has 182 valence electrons. The molecular formula is C26H25N7O3. The van der Waals surface area contributed by atoms with E-state index in [0.29, 0.717) is 39.9 Å². The number of nitrogens with one attached hydrogen (secondary N) is 1. The van der Waals surface area contributed by atoms with Crippen molar-refractivity contribution in [3.05, 3.63) is 77.9 Å². The van der Waals surface area contributed by atoms with E-state index in [1.54, 1.807) is 53.0 Å². The number of benzene rings is 2. The van der Waals surface area contributed by atoms with Crippen molar-refractivity contribution in [2.24, 2.45) is 0 Å². The molecule has 0 fully saturated rings. The number of nitrogens with zero attached hydrogens (tertiary/aromatic N) is 6. The number of anilines is 1. The van der Waals surface area contributed by atoms with Gasteiger partial charge in [0, 0.05) is 12.1 Å².